The molecule has 0 aliphatic rings. The van der Waals surface area contributed by atoms with Gasteiger partial charge in [-0.2, -0.15) is 0 Å². The molecule has 0 saturated carbocycles. The fraction of sp³-hybridized carbons (Fsp3) is 0.167. The van der Waals surface area contributed by atoms with E-state index in [1.54, 1.807) is 36.4 Å². The summed E-state index contributed by atoms with van der Waals surface area (Å²) >= 11 is 5.84. The molecule has 1 amide bonds. The standard InChI is InChI=1S/C18H19ClN2OSi/c1-23(2,3)11-10-13-4-9-17(20)16(12-13)18(22)21-15-7-5-14(19)6-8-15/h4-9,12H,20H2,1-3H3,(H,21,22). The molecule has 0 bridgehead atoms. The van der Waals surface area contributed by atoms with E-state index in [4.69, 9.17) is 17.3 Å². The second kappa shape index (κ2) is 6.91. The molecular formula is C18H19ClN2OSi. The molecule has 23 heavy (non-hydrogen) atoms. The summed E-state index contributed by atoms with van der Waals surface area (Å²) in [7, 11) is -1.47. The van der Waals surface area contributed by atoms with Crippen LogP contribution in [0.2, 0.25) is 24.7 Å². The number of rotatable bonds is 2. The van der Waals surface area contributed by atoms with Crippen molar-refractivity contribution in [1.82, 2.24) is 0 Å². The Kier molecular flexibility index (Phi) is 5.14. The Labute approximate surface area is 142 Å². The Morgan fingerprint density at radius 3 is 2.39 bits per heavy atom. The van der Waals surface area contributed by atoms with Crippen LogP contribution in [0.15, 0.2) is 42.5 Å². The Morgan fingerprint density at radius 2 is 1.78 bits per heavy atom. The van der Waals surface area contributed by atoms with Crippen molar-refractivity contribution in [2.24, 2.45) is 0 Å². The topological polar surface area (TPSA) is 55.1 Å². The minimum absolute atomic E-state index is 0.263. The van der Waals surface area contributed by atoms with Gasteiger partial charge in [0.2, 0.25) is 0 Å². The first kappa shape index (κ1) is 17.1. The summed E-state index contributed by atoms with van der Waals surface area (Å²) in [5.74, 6) is 2.87. The minimum atomic E-state index is -1.47. The number of nitrogens with two attached hydrogens (primary N) is 1. The molecule has 5 heteroatoms. The maximum Gasteiger partial charge on any atom is 0.257 e. The lowest BCUT2D eigenvalue weighted by molar-refractivity contribution is 0.102. The third-order valence-electron chi connectivity index (χ3n) is 2.98. The first-order valence-corrected chi connectivity index (χ1v) is 11.1. The molecule has 2 aromatic rings. The van der Waals surface area contributed by atoms with E-state index in [1.165, 1.54) is 0 Å². The van der Waals surface area contributed by atoms with E-state index in [9.17, 15) is 4.79 Å². The van der Waals surface area contributed by atoms with E-state index in [-0.39, 0.29) is 5.91 Å². The van der Waals surface area contributed by atoms with Gasteiger partial charge in [0, 0.05) is 22.0 Å². The van der Waals surface area contributed by atoms with Gasteiger partial charge in [-0.1, -0.05) is 37.2 Å². The number of carbonyl (C=O) groups excluding carboxylic acids is 1. The zero-order valence-corrected chi connectivity index (χ0v) is 15.2. The lowest BCUT2D eigenvalue weighted by Crippen LogP contribution is -2.16. The summed E-state index contributed by atoms with van der Waals surface area (Å²) in [5, 5.41) is 3.43. The molecule has 0 radical (unpaired) electrons. The Balaban J connectivity index is 2.25. The minimum Gasteiger partial charge on any atom is -0.398 e. The van der Waals surface area contributed by atoms with Crippen molar-refractivity contribution in [3.8, 4) is 11.5 Å². The molecule has 3 nitrogen and oxygen atoms in total. The molecule has 0 aliphatic heterocycles. The predicted molar refractivity (Wildman–Crippen MR) is 100 cm³/mol. The highest BCUT2D eigenvalue weighted by Gasteiger charge is 2.11. The van der Waals surface area contributed by atoms with Crippen LogP contribution in [-0.2, 0) is 0 Å². The highest BCUT2D eigenvalue weighted by Crippen LogP contribution is 2.18. The highest BCUT2D eigenvalue weighted by atomic mass is 35.5. The molecule has 0 aromatic heterocycles. The largest absolute Gasteiger partial charge is 0.398 e. The van der Waals surface area contributed by atoms with Crippen LogP contribution in [0.5, 0.6) is 0 Å². The van der Waals surface area contributed by atoms with Crippen molar-refractivity contribution in [1.29, 1.82) is 0 Å². The quantitative estimate of drug-likeness (QED) is 0.482. The van der Waals surface area contributed by atoms with Gasteiger partial charge < -0.3 is 11.1 Å². The van der Waals surface area contributed by atoms with E-state index in [0.717, 1.165) is 5.56 Å². The number of carbonyl (C=O) groups is 1. The van der Waals surface area contributed by atoms with E-state index in [1.807, 2.05) is 6.07 Å². The number of benzene rings is 2. The molecule has 2 aromatic carbocycles. The molecule has 0 fully saturated rings. The van der Waals surface area contributed by atoms with Crippen LogP contribution in [0, 0.1) is 11.5 Å². The normalized spacial score (nSPS) is 10.6. The van der Waals surface area contributed by atoms with Crippen molar-refractivity contribution in [2.45, 2.75) is 19.6 Å². The summed E-state index contributed by atoms with van der Waals surface area (Å²) in [6.45, 7) is 6.52. The number of hydrogen-bond donors (Lipinski definition) is 2. The van der Waals surface area contributed by atoms with Gasteiger partial charge in [0.25, 0.3) is 5.91 Å². The third kappa shape index (κ3) is 5.17. The number of nitrogens with one attached hydrogen (secondary N) is 1. The van der Waals surface area contributed by atoms with Crippen LogP contribution in [0.25, 0.3) is 0 Å². The van der Waals surface area contributed by atoms with Gasteiger partial charge in [0.15, 0.2) is 0 Å². The van der Waals surface area contributed by atoms with Gasteiger partial charge in [-0.05, 0) is 42.5 Å². The second-order valence-corrected chi connectivity index (χ2v) is 11.4. The van der Waals surface area contributed by atoms with E-state index >= 15 is 0 Å². The molecule has 0 heterocycles. The van der Waals surface area contributed by atoms with Crippen molar-refractivity contribution in [3.05, 3.63) is 58.6 Å². The average molecular weight is 343 g/mol. The summed E-state index contributed by atoms with van der Waals surface area (Å²) in [4.78, 5) is 12.4. The van der Waals surface area contributed by atoms with Gasteiger partial charge >= 0.3 is 0 Å². The molecule has 3 N–H and O–H groups in total. The summed E-state index contributed by atoms with van der Waals surface area (Å²) in [5.41, 5.74) is 11.5. The molecule has 0 atom stereocenters. The van der Waals surface area contributed by atoms with Gasteiger partial charge in [0.05, 0.1) is 5.56 Å². The Morgan fingerprint density at radius 1 is 1.13 bits per heavy atom. The van der Waals surface area contributed by atoms with Crippen LogP contribution in [0.3, 0.4) is 0 Å². The van der Waals surface area contributed by atoms with Crippen molar-refractivity contribution >= 4 is 37.0 Å². The third-order valence-corrected chi connectivity index (χ3v) is 4.11. The number of halogens is 1. The lowest BCUT2D eigenvalue weighted by atomic mass is 10.1. The van der Waals surface area contributed by atoms with Crippen molar-refractivity contribution in [2.75, 3.05) is 11.1 Å². The monoisotopic (exact) mass is 342 g/mol. The summed E-state index contributed by atoms with van der Waals surface area (Å²) in [6.07, 6.45) is 0. The van der Waals surface area contributed by atoms with Gasteiger partial charge in [-0.3, -0.25) is 4.79 Å². The first-order chi connectivity index (χ1) is 10.7. The van der Waals surface area contributed by atoms with E-state index in [2.05, 4.69) is 36.4 Å². The van der Waals surface area contributed by atoms with E-state index < -0.39 is 8.07 Å². The number of amides is 1. The maximum absolute atomic E-state index is 12.4. The molecule has 2 rings (SSSR count). The number of nitrogen functional groups attached to an aromatic ring is 1. The molecule has 0 unspecified atom stereocenters. The molecule has 118 valence electrons. The molecule has 0 spiro atoms. The Hall–Kier alpha value is -2.22. The highest BCUT2D eigenvalue weighted by molar-refractivity contribution is 6.83. The van der Waals surface area contributed by atoms with Crippen LogP contribution in [0.1, 0.15) is 15.9 Å². The van der Waals surface area contributed by atoms with E-state index in [0.29, 0.717) is 22.0 Å². The molecular weight excluding hydrogens is 324 g/mol. The SMILES string of the molecule is C[Si](C)(C)C#Cc1ccc(N)c(C(=O)Nc2ccc(Cl)cc2)c1. The smallest absolute Gasteiger partial charge is 0.257 e. The summed E-state index contributed by atoms with van der Waals surface area (Å²) in [6, 6.07) is 12.2. The van der Waals surface area contributed by atoms with Crippen molar-refractivity contribution in [3.63, 3.8) is 0 Å². The molecule has 0 saturated heterocycles. The molecule has 0 aliphatic carbocycles. The second-order valence-electron chi connectivity index (χ2n) is 6.26. The van der Waals surface area contributed by atoms with Gasteiger partial charge in [0.1, 0.15) is 8.07 Å². The summed E-state index contributed by atoms with van der Waals surface area (Å²) < 4.78 is 0. The van der Waals surface area contributed by atoms with Gasteiger partial charge in [-0.25, -0.2) is 0 Å². The fourth-order valence-electron chi connectivity index (χ4n) is 1.82. The van der Waals surface area contributed by atoms with Crippen LogP contribution < -0.4 is 11.1 Å². The average Bonchev–Trinajstić information content (AvgIpc) is 2.48. The zero-order chi connectivity index (χ0) is 17.0. The van der Waals surface area contributed by atoms with Crippen molar-refractivity contribution < 1.29 is 4.79 Å². The van der Waals surface area contributed by atoms with Crippen LogP contribution in [-0.4, -0.2) is 14.0 Å². The first-order valence-electron chi connectivity index (χ1n) is 7.24. The van der Waals surface area contributed by atoms with Gasteiger partial charge in [-0.15, -0.1) is 5.54 Å². The Bertz CT molecular complexity index is 783. The van der Waals surface area contributed by atoms with Crippen LogP contribution >= 0.6 is 11.6 Å². The predicted octanol–water partition coefficient (Wildman–Crippen LogP) is 4.40. The fourth-order valence-corrected chi connectivity index (χ4v) is 2.47. The maximum atomic E-state index is 12.4. The number of anilines is 2. The lowest BCUT2D eigenvalue weighted by Gasteiger charge is -2.08. The zero-order valence-electron chi connectivity index (χ0n) is 13.4. The number of hydrogen-bond acceptors (Lipinski definition) is 2. The van der Waals surface area contributed by atoms with Crippen LogP contribution in [0.4, 0.5) is 11.4 Å².